The molecule has 2 aliphatic rings. The maximum atomic E-state index is 12.6. The molecule has 2 aromatic rings. The van der Waals surface area contributed by atoms with Crippen molar-refractivity contribution in [3.63, 3.8) is 0 Å². The van der Waals surface area contributed by atoms with Crippen molar-refractivity contribution < 1.29 is 14.6 Å². The predicted octanol–water partition coefficient (Wildman–Crippen LogP) is 1.89. The Labute approximate surface area is 175 Å². The molecule has 4 rings (SSSR count). The van der Waals surface area contributed by atoms with E-state index in [1.807, 2.05) is 17.8 Å². The van der Waals surface area contributed by atoms with Crippen LogP contribution in [0.5, 0.6) is 0 Å². The first-order chi connectivity index (χ1) is 14.0. The summed E-state index contributed by atoms with van der Waals surface area (Å²) in [4.78, 5) is 25.3. The third-order valence-corrected chi connectivity index (χ3v) is 6.05. The summed E-state index contributed by atoms with van der Waals surface area (Å²) in [5, 5.41) is 11.1. The SMILES string of the molecule is Cn1ccnc1C(O)C1CCN(c2ncc(C(=O)N3CCOCC3)cc2Cl)CC1. The van der Waals surface area contributed by atoms with E-state index in [2.05, 4.69) is 14.9 Å². The average molecular weight is 420 g/mol. The molecule has 0 radical (unpaired) electrons. The van der Waals surface area contributed by atoms with Crippen LogP contribution in [-0.2, 0) is 11.8 Å². The summed E-state index contributed by atoms with van der Waals surface area (Å²) in [5.74, 6) is 1.47. The minimum atomic E-state index is -0.575. The normalized spacial score (nSPS) is 19.4. The van der Waals surface area contributed by atoms with Crippen LogP contribution in [0.4, 0.5) is 5.82 Å². The van der Waals surface area contributed by atoms with Gasteiger partial charge in [-0.15, -0.1) is 0 Å². The third-order valence-electron chi connectivity index (χ3n) is 5.78. The highest BCUT2D eigenvalue weighted by atomic mass is 35.5. The van der Waals surface area contributed by atoms with Gasteiger partial charge in [-0.2, -0.15) is 0 Å². The molecular formula is C20H26ClN5O3. The number of ether oxygens (including phenoxy) is 1. The van der Waals surface area contributed by atoms with Crippen molar-refractivity contribution in [1.29, 1.82) is 0 Å². The summed E-state index contributed by atoms with van der Waals surface area (Å²) < 4.78 is 7.16. The molecule has 1 atom stereocenters. The third kappa shape index (κ3) is 4.24. The van der Waals surface area contributed by atoms with Crippen molar-refractivity contribution in [2.75, 3.05) is 44.3 Å². The molecule has 0 aliphatic carbocycles. The lowest BCUT2D eigenvalue weighted by molar-refractivity contribution is 0.0302. The number of amides is 1. The molecular weight excluding hydrogens is 394 g/mol. The van der Waals surface area contributed by atoms with E-state index in [1.54, 1.807) is 23.4 Å². The molecule has 1 N–H and O–H groups in total. The number of carbonyl (C=O) groups is 1. The Morgan fingerprint density at radius 2 is 1.97 bits per heavy atom. The zero-order valence-corrected chi connectivity index (χ0v) is 17.3. The fourth-order valence-corrected chi connectivity index (χ4v) is 4.32. The Hall–Kier alpha value is -2.16. The Morgan fingerprint density at radius 1 is 1.24 bits per heavy atom. The first kappa shape index (κ1) is 20.1. The van der Waals surface area contributed by atoms with Crippen molar-refractivity contribution in [2.24, 2.45) is 13.0 Å². The Balaban J connectivity index is 1.39. The smallest absolute Gasteiger partial charge is 0.255 e. The standard InChI is InChI=1S/C20H26ClN5O3/c1-24-7-4-22-19(24)17(27)14-2-5-25(6-3-14)18-16(21)12-15(13-23-18)20(28)26-8-10-29-11-9-26/h4,7,12-14,17,27H,2-3,5-6,8-11H2,1H3. The maximum Gasteiger partial charge on any atom is 0.255 e. The molecule has 0 spiro atoms. The number of carbonyl (C=O) groups excluding carboxylic acids is 1. The number of rotatable bonds is 4. The summed E-state index contributed by atoms with van der Waals surface area (Å²) in [6.07, 6.45) is 6.22. The summed E-state index contributed by atoms with van der Waals surface area (Å²) >= 11 is 6.48. The van der Waals surface area contributed by atoms with Crippen LogP contribution < -0.4 is 4.90 Å². The lowest BCUT2D eigenvalue weighted by Gasteiger charge is -2.35. The molecule has 29 heavy (non-hydrogen) atoms. The number of morpholine rings is 1. The van der Waals surface area contributed by atoms with Crippen molar-refractivity contribution in [1.82, 2.24) is 19.4 Å². The van der Waals surface area contributed by atoms with Gasteiger partial charge in [0.1, 0.15) is 17.7 Å². The monoisotopic (exact) mass is 419 g/mol. The molecule has 1 amide bonds. The fraction of sp³-hybridized carbons (Fsp3) is 0.550. The second-order valence-electron chi connectivity index (χ2n) is 7.60. The van der Waals surface area contributed by atoms with E-state index in [-0.39, 0.29) is 11.8 Å². The quantitative estimate of drug-likeness (QED) is 0.814. The average Bonchev–Trinajstić information content (AvgIpc) is 3.19. The van der Waals surface area contributed by atoms with Gasteiger partial charge in [0.2, 0.25) is 0 Å². The van der Waals surface area contributed by atoms with E-state index in [0.717, 1.165) is 25.9 Å². The number of aromatic nitrogens is 3. The highest BCUT2D eigenvalue weighted by molar-refractivity contribution is 6.33. The maximum absolute atomic E-state index is 12.6. The minimum Gasteiger partial charge on any atom is -0.385 e. The molecule has 0 aromatic carbocycles. The van der Waals surface area contributed by atoms with Crippen molar-refractivity contribution in [3.8, 4) is 0 Å². The van der Waals surface area contributed by atoms with Crippen LogP contribution in [-0.4, -0.2) is 69.8 Å². The van der Waals surface area contributed by atoms with Crippen LogP contribution in [0.2, 0.25) is 5.02 Å². The van der Waals surface area contributed by atoms with Crippen LogP contribution in [0.3, 0.4) is 0 Å². The summed E-state index contributed by atoms with van der Waals surface area (Å²) in [6.45, 7) is 3.79. The molecule has 2 aliphatic heterocycles. The van der Waals surface area contributed by atoms with E-state index in [4.69, 9.17) is 16.3 Å². The highest BCUT2D eigenvalue weighted by Crippen LogP contribution is 2.33. The number of hydrogen-bond acceptors (Lipinski definition) is 6. The topological polar surface area (TPSA) is 83.7 Å². The van der Waals surface area contributed by atoms with E-state index in [1.165, 1.54) is 0 Å². The number of aliphatic hydroxyl groups excluding tert-OH is 1. The van der Waals surface area contributed by atoms with Gasteiger partial charge < -0.3 is 24.2 Å². The number of pyridine rings is 1. The van der Waals surface area contributed by atoms with Gasteiger partial charge in [0, 0.05) is 51.8 Å². The number of aliphatic hydroxyl groups is 1. The van der Waals surface area contributed by atoms with Crippen molar-refractivity contribution in [3.05, 3.63) is 41.1 Å². The van der Waals surface area contributed by atoms with Gasteiger partial charge in [-0.1, -0.05) is 11.6 Å². The Bertz CT molecular complexity index is 860. The molecule has 4 heterocycles. The zero-order valence-electron chi connectivity index (χ0n) is 16.5. The van der Waals surface area contributed by atoms with E-state index in [9.17, 15) is 9.90 Å². The second kappa shape index (κ2) is 8.69. The lowest BCUT2D eigenvalue weighted by Crippen LogP contribution is -2.40. The molecule has 2 aromatic heterocycles. The van der Waals surface area contributed by atoms with Gasteiger partial charge in [0.05, 0.1) is 23.8 Å². The molecule has 8 nitrogen and oxygen atoms in total. The number of piperidine rings is 1. The van der Waals surface area contributed by atoms with Crippen LogP contribution in [0.25, 0.3) is 0 Å². The van der Waals surface area contributed by atoms with Crippen molar-refractivity contribution in [2.45, 2.75) is 18.9 Å². The van der Waals surface area contributed by atoms with Crippen LogP contribution in [0, 0.1) is 5.92 Å². The van der Waals surface area contributed by atoms with Gasteiger partial charge >= 0.3 is 0 Å². The van der Waals surface area contributed by atoms with Crippen LogP contribution in [0.1, 0.15) is 35.1 Å². The van der Waals surface area contributed by atoms with Gasteiger partial charge in [0.15, 0.2) is 0 Å². The number of aryl methyl sites for hydroxylation is 1. The number of halogens is 1. The number of imidazole rings is 1. The number of nitrogens with zero attached hydrogens (tertiary/aromatic N) is 5. The predicted molar refractivity (Wildman–Crippen MR) is 109 cm³/mol. The fourth-order valence-electron chi connectivity index (χ4n) is 4.03. The summed E-state index contributed by atoms with van der Waals surface area (Å²) in [5.41, 5.74) is 0.501. The minimum absolute atomic E-state index is 0.0638. The Kier molecular flexibility index (Phi) is 6.03. The number of anilines is 1. The molecule has 9 heteroatoms. The van der Waals surface area contributed by atoms with Crippen LogP contribution in [0.15, 0.2) is 24.7 Å². The van der Waals surface area contributed by atoms with E-state index in [0.29, 0.717) is 48.5 Å². The first-order valence-electron chi connectivity index (χ1n) is 9.97. The number of hydrogen-bond donors (Lipinski definition) is 1. The summed E-state index contributed by atoms with van der Waals surface area (Å²) in [6, 6.07) is 1.70. The van der Waals surface area contributed by atoms with Crippen molar-refractivity contribution >= 4 is 23.3 Å². The second-order valence-corrected chi connectivity index (χ2v) is 8.01. The highest BCUT2D eigenvalue weighted by Gasteiger charge is 2.30. The van der Waals surface area contributed by atoms with Gasteiger partial charge in [0.25, 0.3) is 5.91 Å². The Morgan fingerprint density at radius 3 is 2.59 bits per heavy atom. The zero-order chi connectivity index (χ0) is 20.4. The van der Waals surface area contributed by atoms with E-state index >= 15 is 0 Å². The molecule has 1 unspecified atom stereocenters. The molecule has 0 saturated carbocycles. The molecule has 0 bridgehead atoms. The molecule has 2 fully saturated rings. The van der Waals surface area contributed by atoms with Gasteiger partial charge in [-0.05, 0) is 24.8 Å². The summed E-state index contributed by atoms with van der Waals surface area (Å²) in [7, 11) is 1.89. The largest absolute Gasteiger partial charge is 0.385 e. The molecule has 156 valence electrons. The first-order valence-corrected chi connectivity index (χ1v) is 10.3. The van der Waals surface area contributed by atoms with Crippen LogP contribution >= 0.6 is 11.6 Å². The van der Waals surface area contributed by atoms with Gasteiger partial charge in [-0.3, -0.25) is 4.79 Å². The van der Waals surface area contributed by atoms with E-state index < -0.39 is 6.10 Å². The lowest BCUT2D eigenvalue weighted by atomic mass is 9.90. The molecule has 2 saturated heterocycles. The van der Waals surface area contributed by atoms with Gasteiger partial charge in [-0.25, -0.2) is 9.97 Å².